The van der Waals surface area contributed by atoms with E-state index in [1.165, 1.54) is 0 Å². The third-order valence-electron chi connectivity index (χ3n) is 2.93. The normalized spacial score (nSPS) is 23.0. The van der Waals surface area contributed by atoms with Crippen molar-refractivity contribution >= 4 is 18.3 Å². The van der Waals surface area contributed by atoms with Gasteiger partial charge in [0.1, 0.15) is 6.54 Å². The molecule has 1 heterocycles. The Morgan fingerprint density at radius 2 is 2.05 bits per heavy atom. The van der Waals surface area contributed by atoms with Gasteiger partial charge in [-0.25, -0.2) is 4.39 Å². The highest BCUT2D eigenvalue weighted by Gasteiger charge is 2.46. The number of nitrogens with zero attached hydrogens (tertiary/aromatic N) is 1. The van der Waals surface area contributed by atoms with E-state index in [2.05, 4.69) is 5.32 Å². The van der Waals surface area contributed by atoms with Crippen molar-refractivity contribution in [2.75, 3.05) is 26.2 Å². The van der Waals surface area contributed by atoms with Crippen molar-refractivity contribution in [3.05, 3.63) is 0 Å². The van der Waals surface area contributed by atoms with Crippen molar-refractivity contribution in [1.29, 1.82) is 0 Å². The lowest BCUT2D eigenvalue weighted by Crippen LogP contribution is -2.50. The molecule has 1 unspecified atom stereocenters. The van der Waals surface area contributed by atoms with Gasteiger partial charge in [-0.3, -0.25) is 4.79 Å². The van der Waals surface area contributed by atoms with Gasteiger partial charge in [0, 0.05) is 19.5 Å². The Balaban J connectivity index is 0.00000324. The summed E-state index contributed by atoms with van der Waals surface area (Å²) in [6.07, 6.45) is -3.47. The average Bonchev–Trinajstić information content (AvgIpc) is 2.70. The van der Waals surface area contributed by atoms with Gasteiger partial charge >= 0.3 is 6.18 Å². The quantitative estimate of drug-likeness (QED) is 0.791. The van der Waals surface area contributed by atoms with Crippen LogP contribution in [0.3, 0.4) is 0 Å². The highest BCUT2D eigenvalue weighted by molar-refractivity contribution is 5.86. The number of amides is 1. The molecule has 0 bridgehead atoms. The number of halogens is 5. The number of nitrogens with one attached hydrogen (secondary N) is 1. The second kappa shape index (κ2) is 7.28. The van der Waals surface area contributed by atoms with Crippen LogP contribution in [0.15, 0.2) is 0 Å². The summed E-state index contributed by atoms with van der Waals surface area (Å²) in [5.74, 6) is -1.04. The van der Waals surface area contributed by atoms with Crippen LogP contribution in [0.2, 0.25) is 0 Å². The molecule has 0 aliphatic carbocycles. The summed E-state index contributed by atoms with van der Waals surface area (Å²) in [4.78, 5) is 12.5. The second-order valence-electron chi connectivity index (χ2n) is 4.59. The third-order valence-corrected chi connectivity index (χ3v) is 2.93. The molecule has 3 nitrogen and oxygen atoms in total. The predicted molar refractivity (Wildman–Crippen MR) is 66.1 cm³/mol. The van der Waals surface area contributed by atoms with Gasteiger partial charge in [0.25, 0.3) is 5.91 Å². The van der Waals surface area contributed by atoms with Gasteiger partial charge in [-0.2, -0.15) is 13.2 Å². The molecule has 0 aromatic heterocycles. The van der Waals surface area contributed by atoms with Crippen molar-refractivity contribution in [3.63, 3.8) is 0 Å². The van der Waals surface area contributed by atoms with E-state index < -0.39 is 24.3 Å². The van der Waals surface area contributed by atoms with Crippen LogP contribution < -0.4 is 5.32 Å². The Morgan fingerprint density at radius 1 is 1.42 bits per heavy atom. The van der Waals surface area contributed by atoms with Gasteiger partial charge in [0.15, 0.2) is 0 Å². The van der Waals surface area contributed by atoms with Crippen molar-refractivity contribution in [3.8, 4) is 0 Å². The van der Waals surface area contributed by atoms with Crippen LogP contribution in [0.5, 0.6) is 0 Å². The van der Waals surface area contributed by atoms with E-state index in [0.717, 1.165) is 0 Å². The topological polar surface area (TPSA) is 32.3 Å². The standard InChI is InChI=1S/C11H18F4N2O.ClH/c1-2-3-6-17(8-11(13,14)15)9(18)10(12)4-5-16-7-10;/h16H,2-8H2,1H3;1H. The first kappa shape index (κ1) is 18.4. The Morgan fingerprint density at radius 3 is 2.47 bits per heavy atom. The van der Waals surface area contributed by atoms with Crippen molar-refractivity contribution in [2.24, 2.45) is 0 Å². The van der Waals surface area contributed by atoms with Crippen LogP contribution in [0.4, 0.5) is 17.6 Å². The molecule has 1 rings (SSSR count). The monoisotopic (exact) mass is 306 g/mol. The minimum atomic E-state index is -4.49. The first-order valence-electron chi connectivity index (χ1n) is 6.04. The summed E-state index contributed by atoms with van der Waals surface area (Å²) in [5.41, 5.74) is -2.18. The van der Waals surface area contributed by atoms with E-state index in [1.807, 2.05) is 0 Å². The van der Waals surface area contributed by atoms with Crippen LogP contribution in [-0.4, -0.2) is 48.8 Å². The van der Waals surface area contributed by atoms with E-state index >= 15 is 0 Å². The Labute approximate surface area is 116 Å². The summed E-state index contributed by atoms with van der Waals surface area (Å²) in [5, 5.41) is 2.66. The lowest BCUT2D eigenvalue weighted by molar-refractivity contribution is -0.168. The smallest absolute Gasteiger partial charge is 0.331 e. The molecule has 19 heavy (non-hydrogen) atoms. The van der Waals surface area contributed by atoms with Gasteiger partial charge < -0.3 is 10.2 Å². The van der Waals surface area contributed by atoms with Crippen LogP contribution in [0, 0.1) is 0 Å². The highest BCUT2D eigenvalue weighted by Crippen LogP contribution is 2.25. The maximum absolute atomic E-state index is 14.1. The molecule has 1 aliphatic rings. The fraction of sp³-hybridized carbons (Fsp3) is 0.909. The largest absolute Gasteiger partial charge is 0.406 e. The van der Waals surface area contributed by atoms with Crippen LogP contribution in [-0.2, 0) is 4.79 Å². The lowest BCUT2D eigenvalue weighted by atomic mass is 10.0. The first-order valence-corrected chi connectivity index (χ1v) is 6.04. The fourth-order valence-electron chi connectivity index (χ4n) is 1.95. The zero-order valence-corrected chi connectivity index (χ0v) is 11.5. The number of unbranched alkanes of at least 4 members (excludes halogenated alkanes) is 1. The number of alkyl halides is 4. The molecule has 1 amide bonds. The maximum atomic E-state index is 14.1. The maximum Gasteiger partial charge on any atom is 0.406 e. The summed E-state index contributed by atoms with van der Waals surface area (Å²) in [7, 11) is 0. The summed E-state index contributed by atoms with van der Waals surface area (Å²) < 4.78 is 51.3. The molecule has 114 valence electrons. The van der Waals surface area contributed by atoms with E-state index in [9.17, 15) is 22.4 Å². The molecule has 1 saturated heterocycles. The molecule has 0 radical (unpaired) electrons. The molecular weight excluding hydrogens is 288 g/mol. The summed E-state index contributed by atoms with van der Waals surface area (Å²) in [6.45, 7) is 0.485. The molecule has 0 aromatic carbocycles. The summed E-state index contributed by atoms with van der Waals surface area (Å²) >= 11 is 0. The van der Waals surface area contributed by atoms with Gasteiger partial charge in [0.05, 0.1) is 0 Å². The van der Waals surface area contributed by atoms with E-state index in [1.54, 1.807) is 6.92 Å². The van der Waals surface area contributed by atoms with Gasteiger partial charge in [-0.05, 0) is 13.0 Å². The van der Waals surface area contributed by atoms with Crippen molar-refractivity contribution < 1.29 is 22.4 Å². The number of carbonyl (C=O) groups is 1. The van der Waals surface area contributed by atoms with E-state index in [-0.39, 0.29) is 31.9 Å². The minimum Gasteiger partial charge on any atom is -0.331 e. The molecule has 0 saturated carbocycles. The molecule has 1 atom stereocenters. The fourth-order valence-corrected chi connectivity index (χ4v) is 1.95. The highest BCUT2D eigenvalue weighted by atomic mass is 35.5. The van der Waals surface area contributed by atoms with Gasteiger partial charge in [-0.1, -0.05) is 13.3 Å². The van der Waals surface area contributed by atoms with E-state index in [0.29, 0.717) is 24.3 Å². The second-order valence-corrected chi connectivity index (χ2v) is 4.59. The SMILES string of the molecule is CCCCN(CC(F)(F)F)C(=O)C1(F)CCNC1.Cl. The number of carbonyl (C=O) groups excluding carboxylic acids is 1. The van der Waals surface area contributed by atoms with Crippen LogP contribution >= 0.6 is 12.4 Å². The first-order chi connectivity index (χ1) is 8.28. The average molecular weight is 307 g/mol. The number of hydrogen-bond donors (Lipinski definition) is 1. The Bertz CT molecular complexity index is 293. The van der Waals surface area contributed by atoms with Crippen LogP contribution in [0.1, 0.15) is 26.2 Å². The minimum absolute atomic E-state index is 0. The zero-order valence-electron chi connectivity index (χ0n) is 10.7. The Kier molecular flexibility index (Phi) is 7.07. The molecule has 0 aromatic rings. The number of hydrogen-bond acceptors (Lipinski definition) is 2. The molecule has 1 N–H and O–H groups in total. The molecule has 1 fully saturated rings. The number of rotatable bonds is 5. The van der Waals surface area contributed by atoms with Crippen molar-refractivity contribution in [2.45, 2.75) is 38.0 Å². The van der Waals surface area contributed by atoms with Gasteiger partial charge in [0.2, 0.25) is 5.67 Å². The van der Waals surface area contributed by atoms with Gasteiger partial charge in [-0.15, -0.1) is 12.4 Å². The molecule has 8 heteroatoms. The Hall–Kier alpha value is -0.560. The molecule has 0 spiro atoms. The van der Waals surface area contributed by atoms with Crippen LogP contribution in [0.25, 0.3) is 0 Å². The predicted octanol–water partition coefficient (Wildman–Crippen LogP) is 2.30. The van der Waals surface area contributed by atoms with Crippen molar-refractivity contribution in [1.82, 2.24) is 10.2 Å². The molecule has 1 aliphatic heterocycles. The van der Waals surface area contributed by atoms with E-state index in [4.69, 9.17) is 0 Å². The molecular formula is C11H19ClF4N2O. The third kappa shape index (κ3) is 5.52. The summed E-state index contributed by atoms with van der Waals surface area (Å²) in [6, 6.07) is 0. The zero-order chi connectivity index (χ0) is 13.8. The lowest BCUT2D eigenvalue weighted by Gasteiger charge is -2.29.